The van der Waals surface area contributed by atoms with Crippen molar-refractivity contribution in [3.8, 4) is 0 Å². The Balaban J connectivity index is 0.00000200. The summed E-state index contributed by atoms with van der Waals surface area (Å²) in [6.07, 6.45) is 1.88. The highest BCUT2D eigenvalue weighted by Crippen LogP contribution is 2.10. The van der Waals surface area contributed by atoms with Gasteiger partial charge in [-0.1, -0.05) is 0 Å². The molecular weight excluding hydrogens is 278 g/mol. The molecule has 2 atom stereocenters. The number of halogens is 1. The third-order valence-electron chi connectivity index (χ3n) is 3.39. The van der Waals surface area contributed by atoms with Crippen LogP contribution in [0, 0.1) is 0 Å². The lowest BCUT2D eigenvalue weighted by Crippen LogP contribution is -2.46. The zero-order valence-electron chi connectivity index (χ0n) is 11.4. The third-order valence-corrected chi connectivity index (χ3v) is 3.39. The number of benzene rings is 1. The van der Waals surface area contributed by atoms with Crippen LogP contribution in [0.5, 0.6) is 0 Å². The van der Waals surface area contributed by atoms with Crippen molar-refractivity contribution in [3.05, 3.63) is 35.4 Å². The summed E-state index contributed by atoms with van der Waals surface area (Å²) >= 11 is 0. The second-order valence-electron chi connectivity index (χ2n) is 4.99. The lowest BCUT2D eigenvalue weighted by Gasteiger charge is -2.28. The van der Waals surface area contributed by atoms with E-state index in [0.717, 1.165) is 19.4 Å². The Morgan fingerprint density at radius 2 is 1.85 bits per heavy atom. The summed E-state index contributed by atoms with van der Waals surface area (Å²) in [5, 5.41) is 6.36. The van der Waals surface area contributed by atoms with Crippen molar-refractivity contribution in [1.82, 2.24) is 10.6 Å². The number of nitrogens with one attached hydrogen (secondary N) is 2. The summed E-state index contributed by atoms with van der Waals surface area (Å²) in [5.41, 5.74) is 6.12. The van der Waals surface area contributed by atoms with E-state index in [1.54, 1.807) is 24.3 Å². The number of hydrogen-bond donors (Lipinski definition) is 3. The van der Waals surface area contributed by atoms with Gasteiger partial charge < -0.3 is 16.4 Å². The molecule has 1 aromatic carbocycles. The molecule has 0 spiro atoms. The Morgan fingerprint density at radius 3 is 2.40 bits per heavy atom. The second kappa shape index (κ2) is 7.26. The third kappa shape index (κ3) is 4.21. The minimum Gasteiger partial charge on any atom is -0.366 e. The molecule has 0 aromatic heterocycles. The predicted molar refractivity (Wildman–Crippen MR) is 80.2 cm³/mol. The van der Waals surface area contributed by atoms with Gasteiger partial charge in [0.1, 0.15) is 0 Å². The van der Waals surface area contributed by atoms with E-state index in [2.05, 4.69) is 17.6 Å². The Hall–Kier alpha value is -1.59. The van der Waals surface area contributed by atoms with Crippen molar-refractivity contribution in [1.29, 1.82) is 0 Å². The van der Waals surface area contributed by atoms with E-state index >= 15 is 0 Å². The van der Waals surface area contributed by atoms with E-state index in [-0.39, 0.29) is 24.4 Å². The molecule has 0 radical (unpaired) electrons. The van der Waals surface area contributed by atoms with Crippen molar-refractivity contribution < 1.29 is 9.59 Å². The van der Waals surface area contributed by atoms with Crippen LogP contribution in [-0.4, -0.2) is 30.4 Å². The average Bonchev–Trinajstić information content (AvgIpc) is 2.39. The number of piperidine rings is 1. The first-order valence-corrected chi connectivity index (χ1v) is 6.50. The normalized spacial score (nSPS) is 21.6. The summed E-state index contributed by atoms with van der Waals surface area (Å²) in [6, 6.07) is 7.03. The van der Waals surface area contributed by atoms with Gasteiger partial charge in [-0.3, -0.25) is 9.59 Å². The highest BCUT2D eigenvalue weighted by atomic mass is 35.5. The van der Waals surface area contributed by atoms with Crippen LogP contribution in [0.2, 0.25) is 0 Å². The van der Waals surface area contributed by atoms with Crippen molar-refractivity contribution in [2.45, 2.75) is 31.8 Å². The first kappa shape index (κ1) is 16.5. The zero-order valence-corrected chi connectivity index (χ0v) is 12.2. The van der Waals surface area contributed by atoms with Crippen LogP contribution in [0.4, 0.5) is 0 Å². The lowest BCUT2D eigenvalue weighted by molar-refractivity contribution is 0.0923. The molecule has 1 saturated heterocycles. The molecule has 1 aliphatic rings. The number of amides is 2. The molecule has 1 heterocycles. The molecule has 0 saturated carbocycles. The van der Waals surface area contributed by atoms with Crippen LogP contribution in [0.3, 0.4) is 0 Å². The maximum Gasteiger partial charge on any atom is 0.251 e. The van der Waals surface area contributed by atoms with Gasteiger partial charge >= 0.3 is 0 Å². The molecule has 6 heteroatoms. The Bertz CT molecular complexity index is 476. The number of hydrogen-bond acceptors (Lipinski definition) is 3. The van der Waals surface area contributed by atoms with Gasteiger partial charge in [0.2, 0.25) is 5.91 Å². The first-order chi connectivity index (χ1) is 9.06. The molecule has 1 aromatic rings. The van der Waals surface area contributed by atoms with Gasteiger partial charge in [0.15, 0.2) is 0 Å². The van der Waals surface area contributed by atoms with Crippen molar-refractivity contribution in [2.24, 2.45) is 5.73 Å². The van der Waals surface area contributed by atoms with Crippen LogP contribution in [0.1, 0.15) is 40.5 Å². The summed E-state index contributed by atoms with van der Waals surface area (Å²) in [5.74, 6) is -0.589. The predicted octanol–water partition coefficient (Wildman–Crippen LogP) is 1.08. The first-order valence-electron chi connectivity index (χ1n) is 6.50. The van der Waals surface area contributed by atoms with Crippen molar-refractivity contribution >= 4 is 24.2 Å². The van der Waals surface area contributed by atoms with Gasteiger partial charge in [0, 0.05) is 23.2 Å². The van der Waals surface area contributed by atoms with Crippen molar-refractivity contribution in [3.63, 3.8) is 0 Å². The molecule has 20 heavy (non-hydrogen) atoms. The molecule has 1 aliphatic heterocycles. The van der Waals surface area contributed by atoms with Gasteiger partial charge in [-0.05, 0) is 50.6 Å². The lowest BCUT2D eigenvalue weighted by atomic mass is 10.00. The zero-order chi connectivity index (χ0) is 13.8. The van der Waals surface area contributed by atoms with Gasteiger partial charge in [-0.25, -0.2) is 0 Å². The smallest absolute Gasteiger partial charge is 0.251 e. The monoisotopic (exact) mass is 297 g/mol. The number of carbonyl (C=O) groups excluding carboxylic acids is 2. The minimum absolute atomic E-state index is 0. The maximum atomic E-state index is 12.1. The molecule has 1 fully saturated rings. The van der Waals surface area contributed by atoms with Crippen LogP contribution in [0.15, 0.2) is 24.3 Å². The number of primary amides is 1. The number of nitrogens with two attached hydrogens (primary N) is 1. The van der Waals surface area contributed by atoms with E-state index in [1.165, 1.54) is 0 Å². The highest BCUT2D eigenvalue weighted by molar-refractivity contribution is 5.97. The van der Waals surface area contributed by atoms with Crippen LogP contribution in [0.25, 0.3) is 0 Å². The van der Waals surface area contributed by atoms with E-state index in [9.17, 15) is 9.59 Å². The van der Waals surface area contributed by atoms with E-state index < -0.39 is 5.91 Å². The van der Waals surface area contributed by atoms with E-state index in [0.29, 0.717) is 17.2 Å². The Kier molecular flexibility index (Phi) is 5.98. The topological polar surface area (TPSA) is 84.2 Å². The van der Waals surface area contributed by atoms with Gasteiger partial charge in [-0.2, -0.15) is 0 Å². The summed E-state index contributed by atoms with van der Waals surface area (Å²) < 4.78 is 0. The molecule has 110 valence electrons. The summed E-state index contributed by atoms with van der Waals surface area (Å²) in [7, 11) is 0. The fraction of sp³-hybridized carbons (Fsp3) is 0.429. The minimum atomic E-state index is -0.487. The summed E-state index contributed by atoms with van der Waals surface area (Å²) in [4.78, 5) is 23.0. The average molecular weight is 298 g/mol. The van der Waals surface area contributed by atoms with Gasteiger partial charge in [0.05, 0.1) is 0 Å². The van der Waals surface area contributed by atoms with Crippen LogP contribution in [-0.2, 0) is 0 Å². The second-order valence-corrected chi connectivity index (χ2v) is 4.99. The maximum absolute atomic E-state index is 12.1. The molecule has 2 amide bonds. The van der Waals surface area contributed by atoms with Crippen molar-refractivity contribution in [2.75, 3.05) is 6.54 Å². The molecule has 4 N–H and O–H groups in total. The van der Waals surface area contributed by atoms with Crippen LogP contribution >= 0.6 is 12.4 Å². The fourth-order valence-electron chi connectivity index (χ4n) is 2.32. The number of carbonyl (C=O) groups is 2. The molecule has 0 bridgehead atoms. The van der Waals surface area contributed by atoms with Crippen LogP contribution < -0.4 is 16.4 Å². The summed E-state index contributed by atoms with van der Waals surface area (Å²) in [6.45, 7) is 3.03. The standard InChI is InChI=1S/C14H19N3O2.ClH/c1-9-8-12(6-7-16-9)17-14(19)11-4-2-10(3-5-11)13(15)18;/h2-5,9,12,16H,6-8H2,1H3,(H2,15,18)(H,17,19);1H. The molecule has 0 aliphatic carbocycles. The quantitative estimate of drug-likeness (QED) is 0.780. The van der Waals surface area contributed by atoms with E-state index in [4.69, 9.17) is 5.73 Å². The molecular formula is C14H20ClN3O2. The molecule has 2 rings (SSSR count). The fourth-order valence-corrected chi connectivity index (χ4v) is 2.32. The molecule has 2 unspecified atom stereocenters. The largest absolute Gasteiger partial charge is 0.366 e. The highest BCUT2D eigenvalue weighted by Gasteiger charge is 2.20. The Morgan fingerprint density at radius 1 is 1.25 bits per heavy atom. The molecule has 5 nitrogen and oxygen atoms in total. The SMILES string of the molecule is CC1CC(NC(=O)c2ccc(C(N)=O)cc2)CCN1.Cl. The van der Waals surface area contributed by atoms with Gasteiger partial charge in [0.25, 0.3) is 5.91 Å². The number of rotatable bonds is 3. The Labute approximate surface area is 124 Å². The van der Waals surface area contributed by atoms with E-state index in [1.807, 2.05) is 0 Å². The van der Waals surface area contributed by atoms with Gasteiger partial charge in [-0.15, -0.1) is 12.4 Å².